The molecule has 6 heteroatoms. The number of carbonyl (C=O) groups excluding carboxylic acids is 1. The lowest BCUT2D eigenvalue weighted by Gasteiger charge is -2.13. The minimum atomic E-state index is -0.169. The Labute approximate surface area is 123 Å². The van der Waals surface area contributed by atoms with Crippen LogP contribution in [0.25, 0.3) is 0 Å². The smallest absolute Gasteiger partial charge is 0.274 e. The van der Waals surface area contributed by atoms with Crippen LogP contribution in [0.4, 0.5) is 0 Å². The standard InChI is InChI=1S/C15H20N4O2/c1-9(12-8-19(3)17-10(12)2)16-15(20)14-11-6-4-5-7-13(11)21-18-14/h8-9H,4-7H2,1-3H3,(H,16,20). The number of nitrogens with one attached hydrogen (secondary N) is 1. The molecule has 1 N–H and O–H groups in total. The van der Waals surface area contributed by atoms with Crippen molar-refractivity contribution in [3.63, 3.8) is 0 Å². The third-order valence-electron chi connectivity index (χ3n) is 4.03. The number of rotatable bonds is 3. The first kappa shape index (κ1) is 13.9. The Morgan fingerprint density at radius 1 is 1.43 bits per heavy atom. The lowest BCUT2D eigenvalue weighted by molar-refractivity contribution is 0.0930. The Balaban J connectivity index is 1.77. The van der Waals surface area contributed by atoms with Crippen LogP contribution in [-0.2, 0) is 19.9 Å². The molecule has 0 aliphatic heterocycles. The summed E-state index contributed by atoms with van der Waals surface area (Å²) in [6, 6.07) is -0.109. The van der Waals surface area contributed by atoms with Crippen LogP contribution in [0.1, 0.15) is 58.9 Å². The molecule has 0 fully saturated rings. The van der Waals surface area contributed by atoms with Gasteiger partial charge in [0.1, 0.15) is 5.76 Å². The molecular weight excluding hydrogens is 268 g/mol. The Morgan fingerprint density at radius 3 is 2.90 bits per heavy atom. The normalized spacial score (nSPS) is 15.6. The fourth-order valence-corrected chi connectivity index (χ4v) is 2.95. The Morgan fingerprint density at radius 2 is 2.19 bits per heavy atom. The molecule has 1 amide bonds. The first-order valence-corrected chi connectivity index (χ1v) is 7.34. The molecule has 1 atom stereocenters. The summed E-state index contributed by atoms with van der Waals surface area (Å²) < 4.78 is 7.05. The molecule has 1 unspecified atom stereocenters. The Kier molecular flexibility index (Phi) is 3.53. The van der Waals surface area contributed by atoms with Gasteiger partial charge in [0.15, 0.2) is 5.69 Å². The van der Waals surface area contributed by atoms with E-state index in [1.54, 1.807) is 4.68 Å². The molecule has 0 aromatic carbocycles. The van der Waals surface area contributed by atoms with Gasteiger partial charge in [0.05, 0.1) is 11.7 Å². The number of carbonyl (C=O) groups is 1. The molecular formula is C15H20N4O2. The monoisotopic (exact) mass is 288 g/mol. The molecule has 0 bridgehead atoms. The van der Waals surface area contributed by atoms with Crippen LogP contribution in [0.5, 0.6) is 0 Å². The van der Waals surface area contributed by atoms with E-state index in [1.165, 1.54) is 0 Å². The third kappa shape index (κ3) is 2.57. The van der Waals surface area contributed by atoms with E-state index in [-0.39, 0.29) is 11.9 Å². The molecule has 2 heterocycles. The third-order valence-corrected chi connectivity index (χ3v) is 4.03. The lowest BCUT2D eigenvalue weighted by atomic mass is 9.96. The van der Waals surface area contributed by atoms with Gasteiger partial charge in [-0.05, 0) is 33.1 Å². The maximum atomic E-state index is 12.4. The van der Waals surface area contributed by atoms with E-state index in [0.29, 0.717) is 5.69 Å². The van der Waals surface area contributed by atoms with Gasteiger partial charge in [-0.2, -0.15) is 5.10 Å². The number of nitrogens with zero attached hydrogens (tertiary/aromatic N) is 3. The van der Waals surface area contributed by atoms with Crippen molar-refractivity contribution in [1.82, 2.24) is 20.3 Å². The molecule has 2 aromatic heterocycles. The number of aromatic nitrogens is 3. The Hall–Kier alpha value is -2.11. The number of hydrogen-bond acceptors (Lipinski definition) is 4. The van der Waals surface area contributed by atoms with E-state index in [2.05, 4.69) is 15.6 Å². The second-order valence-corrected chi connectivity index (χ2v) is 5.68. The molecule has 6 nitrogen and oxygen atoms in total. The minimum absolute atomic E-state index is 0.109. The van der Waals surface area contributed by atoms with Gasteiger partial charge in [-0.25, -0.2) is 0 Å². The van der Waals surface area contributed by atoms with E-state index >= 15 is 0 Å². The molecule has 0 saturated heterocycles. The topological polar surface area (TPSA) is 73.0 Å². The average Bonchev–Trinajstić information content (AvgIpc) is 3.01. The zero-order valence-electron chi connectivity index (χ0n) is 12.6. The zero-order chi connectivity index (χ0) is 15.0. The molecule has 3 rings (SSSR count). The summed E-state index contributed by atoms with van der Waals surface area (Å²) >= 11 is 0. The second-order valence-electron chi connectivity index (χ2n) is 5.68. The molecule has 21 heavy (non-hydrogen) atoms. The predicted octanol–water partition coefficient (Wildman–Crippen LogP) is 2.09. The summed E-state index contributed by atoms with van der Waals surface area (Å²) in [5.41, 5.74) is 3.36. The average molecular weight is 288 g/mol. The fraction of sp³-hybridized carbons (Fsp3) is 0.533. The molecule has 1 aliphatic rings. The molecule has 0 spiro atoms. The van der Waals surface area contributed by atoms with Crippen molar-refractivity contribution in [3.8, 4) is 0 Å². The van der Waals surface area contributed by atoms with Gasteiger partial charge in [0.2, 0.25) is 0 Å². The predicted molar refractivity (Wildman–Crippen MR) is 77.0 cm³/mol. The lowest BCUT2D eigenvalue weighted by Crippen LogP contribution is -2.28. The van der Waals surface area contributed by atoms with Gasteiger partial charge in [0, 0.05) is 30.8 Å². The fourth-order valence-electron chi connectivity index (χ4n) is 2.95. The first-order chi connectivity index (χ1) is 10.1. The highest BCUT2D eigenvalue weighted by Gasteiger charge is 2.25. The molecule has 0 radical (unpaired) electrons. The molecule has 112 valence electrons. The molecule has 0 saturated carbocycles. The second kappa shape index (κ2) is 5.35. The summed E-state index contributed by atoms with van der Waals surface area (Å²) in [7, 11) is 1.87. The SMILES string of the molecule is Cc1nn(C)cc1C(C)NC(=O)c1noc2c1CCCC2. The van der Waals surface area contributed by atoms with E-state index in [4.69, 9.17) is 4.52 Å². The minimum Gasteiger partial charge on any atom is -0.360 e. The van der Waals surface area contributed by atoms with Crippen LogP contribution in [0, 0.1) is 6.92 Å². The van der Waals surface area contributed by atoms with Gasteiger partial charge < -0.3 is 9.84 Å². The molecule has 2 aromatic rings. The van der Waals surface area contributed by atoms with Crippen LogP contribution < -0.4 is 5.32 Å². The number of fused-ring (bicyclic) bond motifs is 1. The van der Waals surface area contributed by atoms with Crippen LogP contribution in [-0.4, -0.2) is 20.8 Å². The highest BCUT2D eigenvalue weighted by atomic mass is 16.5. The van der Waals surface area contributed by atoms with Crippen molar-refractivity contribution in [2.45, 2.75) is 45.6 Å². The molecule has 1 aliphatic carbocycles. The van der Waals surface area contributed by atoms with Crippen molar-refractivity contribution < 1.29 is 9.32 Å². The van der Waals surface area contributed by atoms with Crippen LogP contribution >= 0.6 is 0 Å². The Bertz CT molecular complexity index is 671. The number of hydrogen-bond donors (Lipinski definition) is 1. The summed E-state index contributed by atoms with van der Waals surface area (Å²) in [6.07, 6.45) is 5.88. The van der Waals surface area contributed by atoms with Gasteiger partial charge in [-0.3, -0.25) is 9.48 Å². The van der Waals surface area contributed by atoms with Crippen molar-refractivity contribution in [2.24, 2.45) is 7.05 Å². The van der Waals surface area contributed by atoms with Crippen molar-refractivity contribution in [2.75, 3.05) is 0 Å². The van der Waals surface area contributed by atoms with E-state index in [1.807, 2.05) is 27.1 Å². The van der Waals surface area contributed by atoms with Gasteiger partial charge in [-0.15, -0.1) is 0 Å². The van der Waals surface area contributed by atoms with Crippen molar-refractivity contribution in [1.29, 1.82) is 0 Å². The largest absolute Gasteiger partial charge is 0.360 e. The van der Waals surface area contributed by atoms with Gasteiger partial charge in [-0.1, -0.05) is 5.16 Å². The summed E-state index contributed by atoms with van der Waals surface area (Å²) in [4.78, 5) is 12.4. The van der Waals surface area contributed by atoms with Crippen LogP contribution in [0.15, 0.2) is 10.7 Å². The van der Waals surface area contributed by atoms with E-state index in [9.17, 15) is 4.79 Å². The van der Waals surface area contributed by atoms with Crippen LogP contribution in [0.3, 0.4) is 0 Å². The van der Waals surface area contributed by atoms with Crippen molar-refractivity contribution >= 4 is 5.91 Å². The zero-order valence-corrected chi connectivity index (χ0v) is 12.6. The maximum absolute atomic E-state index is 12.4. The summed E-state index contributed by atoms with van der Waals surface area (Å²) in [5.74, 6) is 0.703. The quantitative estimate of drug-likeness (QED) is 0.938. The van der Waals surface area contributed by atoms with Gasteiger partial charge in [0.25, 0.3) is 5.91 Å². The van der Waals surface area contributed by atoms with Crippen molar-refractivity contribution in [3.05, 3.63) is 34.5 Å². The highest BCUT2D eigenvalue weighted by Crippen LogP contribution is 2.25. The van der Waals surface area contributed by atoms with Crippen LogP contribution in [0.2, 0.25) is 0 Å². The first-order valence-electron chi connectivity index (χ1n) is 7.34. The number of aryl methyl sites for hydroxylation is 3. The summed E-state index contributed by atoms with van der Waals surface area (Å²) in [5, 5.41) is 11.3. The number of amides is 1. The highest BCUT2D eigenvalue weighted by molar-refractivity contribution is 5.94. The van der Waals surface area contributed by atoms with E-state index in [0.717, 1.165) is 48.3 Å². The summed E-state index contributed by atoms with van der Waals surface area (Å²) in [6.45, 7) is 3.89. The van der Waals surface area contributed by atoms with Gasteiger partial charge >= 0.3 is 0 Å². The maximum Gasteiger partial charge on any atom is 0.274 e. The van der Waals surface area contributed by atoms with E-state index < -0.39 is 0 Å².